The first-order chi connectivity index (χ1) is 33.4. The molecule has 3 aromatic heterocycles. The van der Waals surface area contributed by atoms with E-state index in [2.05, 4.69) is 223 Å². The molecule has 3 unspecified atom stereocenters. The van der Waals surface area contributed by atoms with Crippen LogP contribution in [0.15, 0.2) is 182 Å². The Labute approximate surface area is 421 Å². The van der Waals surface area contributed by atoms with Gasteiger partial charge in [-0.2, -0.15) is 0 Å². The maximum Gasteiger partial charge on any atom is 0.106 e. The number of likely N-dealkylation sites (tertiary alicyclic amines) is 1. The van der Waals surface area contributed by atoms with E-state index in [4.69, 9.17) is 35.9 Å². The van der Waals surface area contributed by atoms with Crippen LogP contribution in [0.5, 0.6) is 0 Å². The minimum Gasteiger partial charge on any atom is -0.389 e. The standard InChI is InChI=1S/C24H27N3S.C21H23N3S.C14H18N2/c1-18-10-3-4-11-19(18)23(26-15-7-2-8-16-26)22-14-9-17-27(22)21-13-6-5-12-20(21)24(25)28;1-15-9-4-5-10-16(15)20(23(2)3)19-13-8-14-24(19)18-12-7-6-11-17(18)21(22)25;1-15(2)14(12-8-5-4-6-9-12)13-10-7-11-16(13)3/h3-6,9-14,17,23H,2,7-8,15-16H2,1H3,(H2,25,28);4-14,20H,1-3H3,(H2,22,25);4-11,14H,1-3H3. The molecule has 0 bridgehead atoms. The van der Waals surface area contributed by atoms with Crippen molar-refractivity contribution in [2.24, 2.45) is 18.5 Å². The molecule has 10 heteroatoms. The molecule has 1 aliphatic heterocycles. The van der Waals surface area contributed by atoms with E-state index in [1.54, 1.807) is 0 Å². The van der Waals surface area contributed by atoms with Crippen LogP contribution in [0.3, 0.4) is 0 Å². The lowest BCUT2D eigenvalue weighted by molar-refractivity contribution is 0.183. The molecule has 0 aliphatic carbocycles. The summed E-state index contributed by atoms with van der Waals surface area (Å²) < 4.78 is 6.63. The van der Waals surface area contributed by atoms with E-state index in [9.17, 15) is 0 Å². The fourth-order valence-corrected chi connectivity index (χ4v) is 10.1. The topological polar surface area (TPSA) is 76.5 Å². The van der Waals surface area contributed by atoms with Gasteiger partial charge in [0.05, 0.1) is 29.5 Å². The van der Waals surface area contributed by atoms with Gasteiger partial charge in [-0.15, -0.1) is 0 Å². The number of benzene rings is 5. The summed E-state index contributed by atoms with van der Waals surface area (Å²) in [6.07, 6.45) is 10.1. The molecule has 356 valence electrons. The van der Waals surface area contributed by atoms with Crippen molar-refractivity contribution in [1.82, 2.24) is 28.4 Å². The number of thiocarbonyl (C=S) groups is 2. The van der Waals surface area contributed by atoms with Crippen molar-refractivity contribution in [2.45, 2.75) is 51.2 Å². The maximum absolute atomic E-state index is 6.03. The van der Waals surface area contributed by atoms with Gasteiger partial charge in [-0.25, -0.2) is 0 Å². The SMILES string of the molecule is CN(C)C(c1ccccc1)c1cccn1C.Cc1ccccc1C(c1cccn1-c1ccccc1C(N)=S)N(C)C.Cc1ccccc1C(c1cccn1-c1ccccc1C(N)=S)N1CCCCC1. The maximum atomic E-state index is 6.03. The molecule has 1 fully saturated rings. The van der Waals surface area contributed by atoms with Crippen molar-refractivity contribution in [3.8, 4) is 11.4 Å². The van der Waals surface area contributed by atoms with Gasteiger partial charge in [-0.1, -0.05) is 134 Å². The molecule has 5 aromatic carbocycles. The average Bonchev–Trinajstić information content (AvgIpc) is 4.14. The van der Waals surface area contributed by atoms with Crippen molar-refractivity contribution in [1.29, 1.82) is 0 Å². The van der Waals surface area contributed by atoms with Crippen LogP contribution in [0.2, 0.25) is 0 Å². The summed E-state index contributed by atoms with van der Waals surface area (Å²) in [7, 11) is 10.5. The zero-order valence-corrected chi connectivity index (χ0v) is 42.9. The summed E-state index contributed by atoms with van der Waals surface area (Å²) in [5, 5.41) is 0. The van der Waals surface area contributed by atoms with Gasteiger partial charge in [0.1, 0.15) is 9.98 Å². The third kappa shape index (κ3) is 11.9. The van der Waals surface area contributed by atoms with Crippen LogP contribution in [0.25, 0.3) is 11.4 Å². The van der Waals surface area contributed by atoms with Gasteiger partial charge < -0.3 is 25.2 Å². The van der Waals surface area contributed by atoms with Crippen LogP contribution in [-0.2, 0) is 7.05 Å². The number of hydrogen-bond donors (Lipinski definition) is 2. The number of rotatable bonds is 13. The van der Waals surface area contributed by atoms with Gasteiger partial charge in [-0.3, -0.25) is 14.7 Å². The summed E-state index contributed by atoms with van der Waals surface area (Å²) in [5.74, 6) is 0. The van der Waals surface area contributed by atoms with Crippen molar-refractivity contribution in [3.05, 3.63) is 238 Å². The highest BCUT2D eigenvalue weighted by Gasteiger charge is 2.28. The van der Waals surface area contributed by atoms with Crippen molar-refractivity contribution in [3.63, 3.8) is 0 Å². The number of para-hydroxylation sites is 2. The zero-order chi connectivity index (χ0) is 49.0. The fraction of sp³-hybridized carbons (Fsp3) is 0.254. The molecule has 9 rings (SSSR count). The second-order valence-electron chi connectivity index (χ2n) is 18.3. The van der Waals surface area contributed by atoms with E-state index in [-0.39, 0.29) is 12.1 Å². The Morgan fingerprint density at radius 1 is 0.478 bits per heavy atom. The molecule has 1 saturated heterocycles. The number of aromatic nitrogens is 3. The predicted molar refractivity (Wildman–Crippen MR) is 296 cm³/mol. The number of nitrogens with two attached hydrogens (primary N) is 2. The lowest BCUT2D eigenvalue weighted by atomic mass is 9.95. The molecule has 8 nitrogen and oxygen atoms in total. The lowest BCUT2D eigenvalue weighted by Crippen LogP contribution is -2.35. The second-order valence-corrected chi connectivity index (χ2v) is 19.1. The Morgan fingerprint density at radius 3 is 1.43 bits per heavy atom. The van der Waals surface area contributed by atoms with Gasteiger partial charge in [0.2, 0.25) is 0 Å². The quantitative estimate of drug-likeness (QED) is 0.112. The molecule has 8 aromatic rings. The molecule has 4 N–H and O–H groups in total. The van der Waals surface area contributed by atoms with Crippen molar-refractivity contribution < 1.29 is 0 Å². The smallest absolute Gasteiger partial charge is 0.106 e. The first kappa shape index (κ1) is 50.5. The minimum atomic E-state index is 0.135. The fourth-order valence-electron chi connectivity index (χ4n) is 9.79. The minimum absolute atomic E-state index is 0.135. The Bertz CT molecular complexity index is 2920. The molecule has 0 saturated carbocycles. The lowest BCUT2D eigenvalue weighted by Gasteiger charge is -2.36. The van der Waals surface area contributed by atoms with Gasteiger partial charge in [0, 0.05) is 53.8 Å². The van der Waals surface area contributed by atoms with E-state index in [1.807, 2.05) is 36.4 Å². The summed E-state index contributed by atoms with van der Waals surface area (Å²) in [5.41, 5.74) is 26.2. The van der Waals surface area contributed by atoms with Crippen LogP contribution < -0.4 is 11.5 Å². The summed E-state index contributed by atoms with van der Waals surface area (Å²) in [4.78, 5) is 7.94. The number of aryl methyl sites for hydroxylation is 3. The molecule has 3 atom stereocenters. The number of nitrogens with zero attached hydrogens (tertiary/aromatic N) is 6. The Kier molecular flexibility index (Phi) is 17.4. The third-order valence-corrected chi connectivity index (χ3v) is 13.6. The molecular formula is C59H68N8S2. The van der Waals surface area contributed by atoms with Crippen molar-refractivity contribution >= 4 is 34.4 Å². The highest BCUT2D eigenvalue weighted by Crippen LogP contribution is 2.36. The molecule has 4 heterocycles. The van der Waals surface area contributed by atoms with E-state index < -0.39 is 0 Å². The molecule has 0 amide bonds. The Hall–Kier alpha value is -6.40. The summed E-state index contributed by atoms with van der Waals surface area (Å²) in [6.45, 7) is 6.62. The first-order valence-corrected chi connectivity index (χ1v) is 24.7. The number of hydrogen-bond acceptors (Lipinski definition) is 5. The van der Waals surface area contributed by atoms with Crippen LogP contribution in [0.1, 0.15) is 93.4 Å². The van der Waals surface area contributed by atoms with Gasteiger partial charge in [0.15, 0.2) is 0 Å². The summed E-state index contributed by atoms with van der Waals surface area (Å²) in [6, 6.07) is 57.5. The monoisotopic (exact) mass is 953 g/mol. The highest BCUT2D eigenvalue weighted by molar-refractivity contribution is 7.81. The Balaban J connectivity index is 0.000000158. The van der Waals surface area contributed by atoms with Gasteiger partial charge >= 0.3 is 0 Å². The molecule has 69 heavy (non-hydrogen) atoms. The largest absolute Gasteiger partial charge is 0.389 e. The van der Waals surface area contributed by atoms with Crippen molar-refractivity contribution in [2.75, 3.05) is 41.3 Å². The van der Waals surface area contributed by atoms with Crippen LogP contribution >= 0.6 is 24.4 Å². The average molecular weight is 953 g/mol. The second kappa shape index (κ2) is 23.7. The van der Waals surface area contributed by atoms with Crippen LogP contribution in [0.4, 0.5) is 0 Å². The van der Waals surface area contributed by atoms with E-state index >= 15 is 0 Å². The van der Waals surface area contributed by atoms with E-state index in [1.165, 1.54) is 64.2 Å². The third-order valence-electron chi connectivity index (χ3n) is 13.1. The molecule has 0 radical (unpaired) electrons. The highest BCUT2D eigenvalue weighted by atomic mass is 32.1. The van der Waals surface area contributed by atoms with Crippen LogP contribution in [0, 0.1) is 13.8 Å². The van der Waals surface area contributed by atoms with E-state index in [0.717, 1.165) is 35.6 Å². The molecular weight excluding hydrogens is 885 g/mol. The van der Waals surface area contributed by atoms with Gasteiger partial charge in [0.25, 0.3) is 0 Å². The number of piperidine rings is 1. The zero-order valence-electron chi connectivity index (χ0n) is 41.2. The normalized spacial score (nSPS) is 14.0. The Morgan fingerprint density at radius 2 is 0.928 bits per heavy atom. The molecule has 0 spiro atoms. The summed E-state index contributed by atoms with van der Waals surface area (Å²) >= 11 is 10.6. The van der Waals surface area contributed by atoms with E-state index in [0.29, 0.717) is 16.0 Å². The molecule has 1 aliphatic rings. The van der Waals surface area contributed by atoms with Gasteiger partial charge in [-0.05, 0) is 156 Å². The predicted octanol–water partition coefficient (Wildman–Crippen LogP) is 11.7. The first-order valence-electron chi connectivity index (χ1n) is 23.8. The van der Waals surface area contributed by atoms with Crippen LogP contribution in [-0.4, -0.2) is 79.7 Å².